The predicted molar refractivity (Wildman–Crippen MR) is 88.7 cm³/mol. The lowest BCUT2D eigenvalue weighted by Gasteiger charge is -2.37. The number of piperidine rings is 1. The number of hydrogen-bond acceptors (Lipinski definition) is 3. The Bertz CT molecular complexity index is 482. The Morgan fingerprint density at radius 3 is 2.59 bits per heavy atom. The molecule has 1 fully saturated rings. The molecule has 0 spiro atoms. The quantitative estimate of drug-likeness (QED) is 0.930. The Morgan fingerprint density at radius 2 is 1.95 bits per heavy atom. The number of carbonyl (C=O) groups excluding carboxylic acids is 1. The third-order valence-electron chi connectivity index (χ3n) is 3.71. The van der Waals surface area contributed by atoms with Crippen LogP contribution in [0.25, 0.3) is 0 Å². The van der Waals surface area contributed by atoms with E-state index in [1.807, 2.05) is 26.8 Å². The number of carbonyl (C=O) groups is 1. The van der Waals surface area contributed by atoms with Crippen molar-refractivity contribution in [2.24, 2.45) is 5.92 Å². The van der Waals surface area contributed by atoms with Crippen LogP contribution in [0, 0.1) is 5.92 Å². The normalized spacial score (nSPS) is 23.1. The minimum Gasteiger partial charge on any atom is -0.444 e. The van der Waals surface area contributed by atoms with Crippen molar-refractivity contribution >= 4 is 6.09 Å². The van der Waals surface area contributed by atoms with Crippen LogP contribution in [0.3, 0.4) is 0 Å². The smallest absolute Gasteiger partial charge is 0.407 e. The van der Waals surface area contributed by atoms with E-state index in [9.17, 15) is 4.79 Å². The van der Waals surface area contributed by atoms with Crippen molar-refractivity contribution < 1.29 is 9.53 Å². The molecule has 2 rings (SSSR count). The maximum absolute atomic E-state index is 11.9. The zero-order valence-corrected chi connectivity index (χ0v) is 14.1. The van der Waals surface area contributed by atoms with E-state index in [1.165, 1.54) is 5.56 Å². The van der Waals surface area contributed by atoms with Gasteiger partial charge in [-0.2, -0.15) is 0 Å². The molecule has 0 aliphatic carbocycles. The van der Waals surface area contributed by atoms with Gasteiger partial charge in [0.1, 0.15) is 5.60 Å². The zero-order valence-electron chi connectivity index (χ0n) is 14.1. The maximum Gasteiger partial charge on any atom is 0.407 e. The number of ether oxygens (including phenoxy) is 1. The highest BCUT2D eigenvalue weighted by Crippen LogP contribution is 2.19. The molecule has 122 valence electrons. The first-order valence-corrected chi connectivity index (χ1v) is 8.07. The van der Waals surface area contributed by atoms with E-state index in [1.54, 1.807) is 0 Å². The molecule has 1 saturated heterocycles. The molecule has 1 aromatic carbocycles. The summed E-state index contributed by atoms with van der Waals surface area (Å²) in [6.45, 7) is 10.8. The summed E-state index contributed by atoms with van der Waals surface area (Å²) in [7, 11) is 0. The predicted octanol–water partition coefficient (Wildman–Crippen LogP) is 3.42. The van der Waals surface area contributed by atoms with E-state index in [-0.39, 0.29) is 12.1 Å². The van der Waals surface area contributed by atoms with Crippen LogP contribution in [0.15, 0.2) is 30.3 Å². The SMILES string of the molecule is C[C@H]1C[C@@H](NC(=O)OC(C)(C)C)CN(Cc2ccccc2)C1. The van der Waals surface area contributed by atoms with Crippen molar-refractivity contribution in [3.05, 3.63) is 35.9 Å². The topological polar surface area (TPSA) is 41.6 Å². The highest BCUT2D eigenvalue weighted by atomic mass is 16.6. The molecule has 1 heterocycles. The van der Waals surface area contributed by atoms with E-state index in [0.29, 0.717) is 5.92 Å². The van der Waals surface area contributed by atoms with Gasteiger partial charge < -0.3 is 10.1 Å². The molecular weight excluding hydrogens is 276 g/mol. The van der Waals surface area contributed by atoms with Gasteiger partial charge in [-0.1, -0.05) is 37.3 Å². The van der Waals surface area contributed by atoms with Crippen LogP contribution < -0.4 is 5.32 Å². The highest BCUT2D eigenvalue weighted by molar-refractivity contribution is 5.68. The van der Waals surface area contributed by atoms with Gasteiger partial charge in [-0.05, 0) is 38.7 Å². The molecule has 0 radical (unpaired) electrons. The molecule has 0 unspecified atom stereocenters. The van der Waals surface area contributed by atoms with Gasteiger partial charge in [-0.15, -0.1) is 0 Å². The molecule has 22 heavy (non-hydrogen) atoms. The van der Waals surface area contributed by atoms with Crippen LogP contribution in [-0.2, 0) is 11.3 Å². The maximum atomic E-state index is 11.9. The zero-order chi connectivity index (χ0) is 16.2. The summed E-state index contributed by atoms with van der Waals surface area (Å²) in [5.74, 6) is 0.567. The third kappa shape index (κ3) is 5.68. The van der Waals surface area contributed by atoms with Gasteiger partial charge >= 0.3 is 6.09 Å². The molecule has 1 aliphatic rings. The molecule has 1 aromatic rings. The van der Waals surface area contributed by atoms with E-state index < -0.39 is 5.60 Å². The molecule has 4 nitrogen and oxygen atoms in total. The van der Waals surface area contributed by atoms with Gasteiger partial charge in [0.15, 0.2) is 0 Å². The molecule has 1 aliphatic heterocycles. The molecule has 2 atom stereocenters. The van der Waals surface area contributed by atoms with Crippen LogP contribution in [-0.4, -0.2) is 35.7 Å². The molecule has 0 bridgehead atoms. The van der Waals surface area contributed by atoms with Gasteiger partial charge in [0.25, 0.3) is 0 Å². The summed E-state index contributed by atoms with van der Waals surface area (Å²) in [5, 5.41) is 3.02. The summed E-state index contributed by atoms with van der Waals surface area (Å²) >= 11 is 0. The summed E-state index contributed by atoms with van der Waals surface area (Å²) < 4.78 is 5.36. The average molecular weight is 304 g/mol. The second-order valence-corrected chi connectivity index (χ2v) is 7.36. The van der Waals surface area contributed by atoms with E-state index in [4.69, 9.17) is 4.74 Å². The van der Waals surface area contributed by atoms with Crippen LogP contribution in [0.1, 0.15) is 39.7 Å². The first kappa shape index (κ1) is 16.8. The fourth-order valence-electron chi connectivity index (χ4n) is 3.01. The fourth-order valence-corrected chi connectivity index (χ4v) is 3.01. The van der Waals surface area contributed by atoms with Gasteiger partial charge in [0.2, 0.25) is 0 Å². The van der Waals surface area contributed by atoms with E-state index in [0.717, 1.165) is 26.1 Å². The lowest BCUT2D eigenvalue weighted by Crippen LogP contribution is -2.50. The van der Waals surface area contributed by atoms with Gasteiger partial charge in [-0.3, -0.25) is 4.90 Å². The molecular formula is C18H28N2O2. The Labute approximate surface area is 133 Å². The minimum atomic E-state index is -0.450. The first-order valence-electron chi connectivity index (χ1n) is 8.07. The molecule has 1 N–H and O–H groups in total. The Morgan fingerprint density at radius 1 is 1.27 bits per heavy atom. The summed E-state index contributed by atoms with van der Waals surface area (Å²) in [6.07, 6.45) is 0.691. The van der Waals surface area contributed by atoms with Crippen LogP contribution in [0.4, 0.5) is 4.79 Å². The fraction of sp³-hybridized carbons (Fsp3) is 0.611. The minimum absolute atomic E-state index is 0.155. The van der Waals surface area contributed by atoms with E-state index in [2.05, 4.69) is 41.4 Å². The second-order valence-electron chi connectivity index (χ2n) is 7.36. The second kappa shape index (κ2) is 7.14. The Balaban J connectivity index is 1.89. The van der Waals surface area contributed by atoms with Crippen molar-refractivity contribution in [3.8, 4) is 0 Å². The Hall–Kier alpha value is -1.55. The Kier molecular flexibility index (Phi) is 5.46. The number of nitrogens with zero attached hydrogens (tertiary/aromatic N) is 1. The molecule has 1 amide bonds. The van der Waals surface area contributed by atoms with Crippen LogP contribution in [0.5, 0.6) is 0 Å². The summed E-state index contributed by atoms with van der Waals surface area (Å²) in [6, 6.07) is 10.6. The number of rotatable bonds is 3. The molecule has 0 saturated carbocycles. The van der Waals surface area contributed by atoms with Crippen LogP contribution >= 0.6 is 0 Å². The monoisotopic (exact) mass is 304 g/mol. The molecule has 4 heteroatoms. The van der Waals surface area contributed by atoms with Gasteiger partial charge in [0, 0.05) is 25.7 Å². The van der Waals surface area contributed by atoms with Crippen LogP contribution in [0.2, 0.25) is 0 Å². The highest BCUT2D eigenvalue weighted by Gasteiger charge is 2.27. The lowest BCUT2D eigenvalue weighted by atomic mass is 9.95. The number of likely N-dealkylation sites (tertiary alicyclic amines) is 1. The average Bonchev–Trinajstić information content (AvgIpc) is 2.36. The number of hydrogen-bond donors (Lipinski definition) is 1. The number of amides is 1. The van der Waals surface area contributed by atoms with Crippen molar-refractivity contribution in [1.82, 2.24) is 10.2 Å². The van der Waals surface area contributed by atoms with Crippen molar-refractivity contribution in [2.45, 2.75) is 52.3 Å². The third-order valence-corrected chi connectivity index (χ3v) is 3.71. The molecule has 0 aromatic heterocycles. The van der Waals surface area contributed by atoms with Gasteiger partial charge in [0.05, 0.1) is 0 Å². The lowest BCUT2D eigenvalue weighted by molar-refractivity contribution is 0.0450. The van der Waals surface area contributed by atoms with E-state index >= 15 is 0 Å². The first-order chi connectivity index (χ1) is 10.3. The van der Waals surface area contributed by atoms with Crippen molar-refractivity contribution in [1.29, 1.82) is 0 Å². The summed E-state index contributed by atoms with van der Waals surface area (Å²) in [4.78, 5) is 14.4. The number of nitrogens with one attached hydrogen (secondary N) is 1. The largest absolute Gasteiger partial charge is 0.444 e. The van der Waals surface area contributed by atoms with Crippen molar-refractivity contribution in [2.75, 3.05) is 13.1 Å². The standard InChI is InChI=1S/C18H28N2O2/c1-14-10-16(19-17(21)22-18(2,3)4)13-20(11-14)12-15-8-6-5-7-9-15/h5-9,14,16H,10-13H2,1-4H3,(H,19,21)/t14-,16+/m0/s1. The van der Waals surface area contributed by atoms with Crippen molar-refractivity contribution in [3.63, 3.8) is 0 Å². The summed E-state index contributed by atoms with van der Waals surface area (Å²) in [5.41, 5.74) is 0.862. The number of alkyl carbamates (subject to hydrolysis) is 1. The number of benzene rings is 1. The van der Waals surface area contributed by atoms with Gasteiger partial charge in [-0.25, -0.2) is 4.79 Å².